The van der Waals surface area contributed by atoms with E-state index in [1.807, 2.05) is 17.9 Å². The van der Waals surface area contributed by atoms with Crippen LogP contribution in [0.5, 0.6) is 0 Å². The summed E-state index contributed by atoms with van der Waals surface area (Å²) >= 11 is 0. The summed E-state index contributed by atoms with van der Waals surface area (Å²) in [6, 6.07) is 10.5. The van der Waals surface area contributed by atoms with Crippen molar-refractivity contribution in [1.29, 1.82) is 0 Å². The molecule has 1 aromatic rings. The number of halogens is 2. The van der Waals surface area contributed by atoms with Gasteiger partial charge in [-0.05, 0) is 19.4 Å². The van der Waals surface area contributed by atoms with Crippen LogP contribution in [0.2, 0.25) is 0 Å². The molecule has 1 atom stereocenters. The number of carbonyl (C=O) groups is 1. The lowest BCUT2D eigenvalue weighted by Gasteiger charge is -2.47. The second kappa shape index (κ2) is 9.48. The van der Waals surface area contributed by atoms with E-state index in [2.05, 4.69) is 43.0 Å². The first-order chi connectivity index (χ1) is 9.94. The van der Waals surface area contributed by atoms with E-state index < -0.39 is 0 Å². The maximum atomic E-state index is 12.3. The molecule has 0 radical (unpaired) electrons. The van der Waals surface area contributed by atoms with Gasteiger partial charge in [0.25, 0.3) is 0 Å². The van der Waals surface area contributed by atoms with E-state index in [0.29, 0.717) is 6.54 Å². The van der Waals surface area contributed by atoms with Gasteiger partial charge in [-0.1, -0.05) is 37.3 Å². The van der Waals surface area contributed by atoms with Crippen molar-refractivity contribution in [2.75, 3.05) is 26.2 Å². The van der Waals surface area contributed by atoms with Crippen molar-refractivity contribution >= 4 is 30.7 Å². The number of rotatable bonds is 4. The summed E-state index contributed by atoms with van der Waals surface area (Å²) in [5, 5.41) is 0. The highest BCUT2D eigenvalue weighted by molar-refractivity contribution is 5.85. The Morgan fingerprint density at radius 1 is 1.22 bits per heavy atom. The van der Waals surface area contributed by atoms with Crippen LogP contribution in [0.3, 0.4) is 0 Å². The van der Waals surface area contributed by atoms with Gasteiger partial charge in [-0.25, -0.2) is 0 Å². The minimum Gasteiger partial charge on any atom is -0.339 e. The third kappa shape index (κ3) is 5.64. The van der Waals surface area contributed by atoms with Crippen molar-refractivity contribution in [2.45, 2.75) is 32.9 Å². The predicted octanol–water partition coefficient (Wildman–Crippen LogP) is 2.55. The van der Waals surface area contributed by atoms with Crippen LogP contribution in [-0.2, 0) is 11.3 Å². The minimum absolute atomic E-state index is 0. The third-order valence-corrected chi connectivity index (χ3v) is 4.38. The summed E-state index contributed by atoms with van der Waals surface area (Å²) in [6.45, 7) is 10.1. The fourth-order valence-electron chi connectivity index (χ4n) is 2.89. The third-order valence-electron chi connectivity index (χ3n) is 4.38. The Morgan fingerprint density at radius 3 is 2.35 bits per heavy atom. The highest BCUT2D eigenvalue weighted by Crippen LogP contribution is 2.24. The van der Waals surface area contributed by atoms with Crippen LogP contribution >= 0.6 is 24.8 Å². The minimum atomic E-state index is -0.0820. The van der Waals surface area contributed by atoms with E-state index in [-0.39, 0.29) is 42.2 Å². The molecule has 2 N–H and O–H groups in total. The SMILES string of the molecule is CC(CN)C(=O)N1CCN(Cc2ccccc2)C(C)(C)C1.Cl.Cl. The van der Waals surface area contributed by atoms with Gasteiger partial charge in [0.2, 0.25) is 5.91 Å². The van der Waals surface area contributed by atoms with Gasteiger partial charge in [0.05, 0.1) is 0 Å². The molecule has 1 aliphatic rings. The van der Waals surface area contributed by atoms with Gasteiger partial charge >= 0.3 is 0 Å². The summed E-state index contributed by atoms with van der Waals surface area (Å²) in [6.07, 6.45) is 0. The average molecular weight is 362 g/mol. The normalized spacial score (nSPS) is 18.5. The zero-order valence-electron chi connectivity index (χ0n) is 14.2. The molecule has 132 valence electrons. The van der Waals surface area contributed by atoms with Crippen LogP contribution in [0.4, 0.5) is 0 Å². The van der Waals surface area contributed by atoms with Crippen LogP contribution in [0.25, 0.3) is 0 Å². The van der Waals surface area contributed by atoms with Crippen molar-refractivity contribution in [3.8, 4) is 0 Å². The van der Waals surface area contributed by atoms with Gasteiger partial charge in [-0.2, -0.15) is 0 Å². The lowest BCUT2D eigenvalue weighted by Crippen LogP contribution is -2.60. The van der Waals surface area contributed by atoms with Gasteiger partial charge < -0.3 is 10.6 Å². The lowest BCUT2D eigenvalue weighted by atomic mass is 9.96. The molecule has 0 bridgehead atoms. The van der Waals surface area contributed by atoms with Crippen LogP contribution in [-0.4, -0.2) is 47.4 Å². The monoisotopic (exact) mass is 361 g/mol. The zero-order valence-corrected chi connectivity index (χ0v) is 15.8. The number of hydrogen-bond donors (Lipinski definition) is 1. The molecular formula is C17H29Cl2N3O. The molecule has 1 aromatic carbocycles. The van der Waals surface area contributed by atoms with Crippen molar-refractivity contribution in [3.63, 3.8) is 0 Å². The fraction of sp³-hybridized carbons (Fsp3) is 0.588. The molecule has 1 saturated heterocycles. The van der Waals surface area contributed by atoms with E-state index in [9.17, 15) is 4.79 Å². The molecule has 1 amide bonds. The van der Waals surface area contributed by atoms with Crippen molar-refractivity contribution in [1.82, 2.24) is 9.80 Å². The summed E-state index contributed by atoms with van der Waals surface area (Å²) < 4.78 is 0. The fourth-order valence-corrected chi connectivity index (χ4v) is 2.89. The quantitative estimate of drug-likeness (QED) is 0.896. The van der Waals surface area contributed by atoms with E-state index in [0.717, 1.165) is 26.2 Å². The zero-order chi connectivity index (χ0) is 15.5. The van der Waals surface area contributed by atoms with E-state index >= 15 is 0 Å². The van der Waals surface area contributed by atoms with E-state index in [4.69, 9.17) is 5.73 Å². The first kappa shape index (κ1) is 22.2. The molecule has 0 aliphatic carbocycles. The molecule has 4 nitrogen and oxygen atoms in total. The smallest absolute Gasteiger partial charge is 0.226 e. The highest BCUT2D eigenvalue weighted by Gasteiger charge is 2.36. The number of nitrogens with two attached hydrogens (primary N) is 1. The van der Waals surface area contributed by atoms with Crippen molar-refractivity contribution in [3.05, 3.63) is 35.9 Å². The Hall–Kier alpha value is -0.810. The van der Waals surface area contributed by atoms with Gasteiger partial charge in [-0.3, -0.25) is 9.69 Å². The molecule has 23 heavy (non-hydrogen) atoms. The number of piperazine rings is 1. The van der Waals surface area contributed by atoms with Crippen molar-refractivity contribution < 1.29 is 4.79 Å². The molecule has 0 spiro atoms. The number of amides is 1. The van der Waals surface area contributed by atoms with Gasteiger partial charge in [0.1, 0.15) is 0 Å². The molecule has 0 aromatic heterocycles. The van der Waals surface area contributed by atoms with Crippen LogP contribution in [0.1, 0.15) is 26.3 Å². The molecule has 1 aliphatic heterocycles. The molecule has 2 rings (SSSR count). The molecule has 6 heteroatoms. The Morgan fingerprint density at radius 2 is 1.83 bits per heavy atom. The number of nitrogens with zero attached hydrogens (tertiary/aromatic N) is 2. The second-order valence-electron chi connectivity index (χ2n) is 6.62. The maximum absolute atomic E-state index is 12.3. The average Bonchev–Trinajstić information content (AvgIpc) is 2.48. The first-order valence-corrected chi connectivity index (χ1v) is 7.72. The molecule has 1 unspecified atom stereocenters. The molecule has 0 saturated carbocycles. The topological polar surface area (TPSA) is 49.6 Å². The Bertz CT molecular complexity index is 482. The maximum Gasteiger partial charge on any atom is 0.226 e. The summed E-state index contributed by atoms with van der Waals surface area (Å²) in [5.74, 6) is 0.103. The Kier molecular flexibility index (Phi) is 9.14. The van der Waals surface area contributed by atoms with Gasteiger partial charge in [0.15, 0.2) is 0 Å². The standard InChI is InChI=1S/C17H27N3O.2ClH/c1-14(11-18)16(21)19-9-10-20(17(2,3)13-19)12-15-7-5-4-6-8-15;;/h4-8,14H,9-13,18H2,1-3H3;2*1H. The first-order valence-electron chi connectivity index (χ1n) is 7.72. The molecule has 1 fully saturated rings. The van der Waals surface area contributed by atoms with Crippen molar-refractivity contribution in [2.24, 2.45) is 11.7 Å². The largest absolute Gasteiger partial charge is 0.339 e. The Balaban J connectivity index is 0.00000242. The van der Waals surface area contributed by atoms with E-state index in [1.165, 1.54) is 5.56 Å². The predicted molar refractivity (Wildman–Crippen MR) is 100 cm³/mol. The number of hydrogen-bond acceptors (Lipinski definition) is 3. The number of benzene rings is 1. The van der Waals surface area contributed by atoms with Crippen LogP contribution < -0.4 is 5.73 Å². The molecule has 1 heterocycles. The Labute approximate surface area is 152 Å². The van der Waals surface area contributed by atoms with Crippen LogP contribution in [0, 0.1) is 5.92 Å². The number of carbonyl (C=O) groups excluding carboxylic acids is 1. The van der Waals surface area contributed by atoms with Gasteiger partial charge in [-0.15, -0.1) is 24.8 Å². The van der Waals surface area contributed by atoms with Gasteiger partial charge in [0, 0.05) is 44.2 Å². The summed E-state index contributed by atoms with van der Waals surface area (Å²) in [7, 11) is 0. The van der Waals surface area contributed by atoms with E-state index in [1.54, 1.807) is 0 Å². The molecular weight excluding hydrogens is 333 g/mol. The lowest BCUT2D eigenvalue weighted by molar-refractivity contribution is -0.140. The summed E-state index contributed by atoms with van der Waals surface area (Å²) in [4.78, 5) is 16.7. The van der Waals surface area contributed by atoms with Crippen LogP contribution in [0.15, 0.2) is 30.3 Å². The highest BCUT2D eigenvalue weighted by atomic mass is 35.5. The summed E-state index contributed by atoms with van der Waals surface area (Å²) in [5.41, 5.74) is 6.92. The second-order valence-corrected chi connectivity index (χ2v) is 6.62.